The van der Waals surface area contributed by atoms with Crippen LogP contribution in [0.3, 0.4) is 0 Å². The number of ether oxygens (including phenoxy) is 3. The van der Waals surface area contributed by atoms with Crippen molar-refractivity contribution in [3.63, 3.8) is 0 Å². The number of hydrogen-bond donors (Lipinski definition) is 2. The summed E-state index contributed by atoms with van der Waals surface area (Å²) in [6.45, 7) is 4.58. The summed E-state index contributed by atoms with van der Waals surface area (Å²) in [6.07, 6.45) is 73.2. The second-order valence-corrected chi connectivity index (χ2v) is 24.4. The number of aliphatic hydroxyl groups excluding tert-OH is 1. The minimum absolute atomic E-state index is 0.131. The van der Waals surface area contributed by atoms with Gasteiger partial charge >= 0.3 is 25.7 Å². The molecule has 12 heteroatoms. The molecule has 0 rings (SSSR count). The molecule has 3 atom stereocenters. The van der Waals surface area contributed by atoms with E-state index in [0.29, 0.717) is 19.3 Å². The highest BCUT2D eigenvalue weighted by atomic mass is 31.2. The summed E-state index contributed by atoms with van der Waals surface area (Å²) in [6, 6.07) is 0. The predicted molar refractivity (Wildman–Crippen MR) is 344 cm³/mol. The van der Waals surface area contributed by atoms with E-state index in [1.165, 1.54) is 180 Å². The van der Waals surface area contributed by atoms with E-state index in [2.05, 4.69) is 81.5 Å². The summed E-state index contributed by atoms with van der Waals surface area (Å²) in [5.41, 5.74) is 0. The second kappa shape index (κ2) is 64.2. The molecule has 0 bridgehead atoms. The predicted octanol–water partition coefficient (Wildman–Crippen LogP) is 21.0. The first-order chi connectivity index (χ1) is 40.2. The van der Waals surface area contributed by atoms with E-state index >= 15 is 0 Å². The zero-order valence-electron chi connectivity index (χ0n) is 53.2. The molecule has 0 amide bonds. The maximum Gasteiger partial charge on any atom is 0.472 e. The van der Waals surface area contributed by atoms with Crippen molar-refractivity contribution >= 4 is 25.7 Å². The van der Waals surface area contributed by atoms with Gasteiger partial charge in [0.05, 0.1) is 19.8 Å². The van der Waals surface area contributed by atoms with E-state index in [4.69, 9.17) is 23.3 Å². The van der Waals surface area contributed by atoms with Crippen molar-refractivity contribution in [3.05, 3.63) is 60.8 Å². The Bertz CT molecular complexity index is 1610. The fraction of sp³-hybridized carbons (Fsp3) is 0.814. The molecule has 0 fully saturated rings. The zero-order chi connectivity index (χ0) is 59.8. The first-order valence-electron chi connectivity index (χ1n) is 34.2. The van der Waals surface area contributed by atoms with Crippen LogP contribution in [-0.2, 0) is 42.2 Å². The molecule has 0 saturated heterocycles. The summed E-state index contributed by atoms with van der Waals surface area (Å²) in [5.74, 6) is -1.48. The molecule has 478 valence electrons. The van der Waals surface area contributed by atoms with Crippen LogP contribution < -0.4 is 0 Å². The highest BCUT2D eigenvalue weighted by Crippen LogP contribution is 2.43. The quantitative estimate of drug-likeness (QED) is 0.0197. The monoisotopic (exact) mass is 1170 g/mol. The number of phosphoric ester groups is 1. The number of carbonyl (C=O) groups is 3. The molecule has 0 aliphatic carbocycles. The molecular formula is C70H127O11P. The van der Waals surface area contributed by atoms with E-state index < -0.39 is 57.8 Å². The van der Waals surface area contributed by atoms with Gasteiger partial charge in [0.2, 0.25) is 0 Å². The summed E-state index contributed by atoms with van der Waals surface area (Å²) in [7, 11) is -4.76. The van der Waals surface area contributed by atoms with Gasteiger partial charge in [-0.05, 0) is 64.2 Å². The van der Waals surface area contributed by atoms with Gasteiger partial charge in [-0.15, -0.1) is 0 Å². The Hall–Kier alpha value is -2.82. The number of hydrogen-bond acceptors (Lipinski definition) is 10. The fourth-order valence-corrected chi connectivity index (χ4v) is 10.6. The van der Waals surface area contributed by atoms with Gasteiger partial charge in [0.1, 0.15) is 12.7 Å². The first-order valence-corrected chi connectivity index (χ1v) is 35.7. The Balaban J connectivity index is 4.70. The molecule has 82 heavy (non-hydrogen) atoms. The third kappa shape index (κ3) is 61.7. The summed E-state index contributed by atoms with van der Waals surface area (Å²) in [5, 5.41) is 9.87. The highest BCUT2D eigenvalue weighted by molar-refractivity contribution is 7.47. The van der Waals surface area contributed by atoms with Crippen LogP contribution in [0.5, 0.6) is 0 Å². The zero-order valence-corrected chi connectivity index (χ0v) is 54.1. The lowest BCUT2D eigenvalue weighted by Gasteiger charge is -2.21. The van der Waals surface area contributed by atoms with Crippen LogP contribution in [0.2, 0.25) is 0 Å². The molecule has 0 aliphatic heterocycles. The van der Waals surface area contributed by atoms with Crippen molar-refractivity contribution in [2.24, 2.45) is 0 Å². The molecule has 0 radical (unpaired) electrons. The van der Waals surface area contributed by atoms with Crippen LogP contribution in [0.4, 0.5) is 0 Å². The van der Waals surface area contributed by atoms with Crippen molar-refractivity contribution < 1.29 is 52.2 Å². The summed E-state index contributed by atoms with van der Waals surface area (Å²) < 4.78 is 39.8. The van der Waals surface area contributed by atoms with Crippen LogP contribution >= 0.6 is 7.82 Å². The molecule has 0 heterocycles. The molecule has 0 spiro atoms. The lowest BCUT2D eigenvalue weighted by atomic mass is 10.0. The molecule has 0 aromatic rings. The maximum absolute atomic E-state index is 13.0. The van der Waals surface area contributed by atoms with Gasteiger partial charge in [0, 0.05) is 19.3 Å². The van der Waals surface area contributed by atoms with Crippen LogP contribution in [0.1, 0.15) is 329 Å². The molecule has 11 nitrogen and oxygen atoms in total. The maximum atomic E-state index is 13.0. The van der Waals surface area contributed by atoms with Gasteiger partial charge in [-0.2, -0.15) is 0 Å². The molecule has 3 unspecified atom stereocenters. The molecule has 0 aliphatic rings. The standard InChI is InChI=1S/C70H127O11P/c1-4-7-10-13-16-19-22-25-28-31-33-36-38-41-44-47-50-53-56-59-68(72)77-63-67(81-70(74)61-58-55-52-49-46-43-40-37-34-32-29-26-23-20-17-14-11-8-5-2)65-79-82(75,76)78-64-66(62-71)80-69(73)60-57-54-51-48-45-42-39-35-30-27-24-21-18-15-12-9-6-3/h8,11,17,20,26,29,34,37,43,46,66-67,71H,4-7,9-10,12-16,18-19,21-25,27-28,30-33,35-36,38-42,44-45,47-65H2,1-3H3,(H,75,76)/b11-8-,20-17-,29-26-,37-34-,46-43-. The van der Waals surface area contributed by atoms with Crippen LogP contribution in [-0.4, -0.2) is 66.5 Å². The lowest BCUT2D eigenvalue weighted by molar-refractivity contribution is -0.161. The van der Waals surface area contributed by atoms with Crippen LogP contribution in [0.15, 0.2) is 60.8 Å². The third-order valence-electron chi connectivity index (χ3n) is 15.0. The first kappa shape index (κ1) is 79.2. The number of allylic oxidation sites excluding steroid dienone is 10. The Labute approximate surface area is 504 Å². The van der Waals surface area contributed by atoms with E-state index in [1.807, 2.05) is 0 Å². The van der Waals surface area contributed by atoms with E-state index in [0.717, 1.165) is 89.9 Å². The van der Waals surface area contributed by atoms with Gasteiger partial charge in [0.25, 0.3) is 0 Å². The molecule has 0 aromatic heterocycles. The van der Waals surface area contributed by atoms with Crippen LogP contribution in [0.25, 0.3) is 0 Å². The van der Waals surface area contributed by atoms with Crippen LogP contribution in [0, 0.1) is 0 Å². The Morgan fingerprint density at radius 1 is 0.354 bits per heavy atom. The van der Waals surface area contributed by atoms with Gasteiger partial charge < -0.3 is 24.2 Å². The van der Waals surface area contributed by atoms with Gasteiger partial charge in [-0.1, -0.05) is 306 Å². The number of carbonyl (C=O) groups excluding carboxylic acids is 3. The molecular weight excluding hydrogens is 1050 g/mol. The number of aliphatic hydroxyl groups is 1. The van der Waals surface area contributed by atoms with Crippen molar-refractivity contribution in [1.29, 1.82) is 0 Å². The van der Waals surface area contributed by atoms with E-state index in [-0.39, 0.29) is 25.9 Å². The normalized spacial score (nSPS) is 13.6. The second-order valence-electron chi connectivity index (χ2n) is 23.0. The average Bonchev–Trinajstić information content (AvgIpc) is 3.50. The van der Waals surface area contributed by atoms with Gasteiger partial charge in [-0.25, -0.2) is 4.57 Å². The smallest absolute Gasteiger partial charge is 0.462 e. The number of unbranched alkanes of at least 4 members (excludes halogenated alkanes) is 37. The van der Waals surface area contributed by atoms with Crippen molar-refractivity contribution in [1.82, 2.24) is 0 Å². The van der Waals surface area contributed by atoms with Crippen molar-refractivity contribution in [2.75, 3.05) is 26.4 Å². The Morgan fingerprint density at radius 2 is 0.634 bits per heavy atom. The SMILES string of the molecule is CC/C=C\C/C=C\C/C=C\C/C=C\C/C=C\CCCCCC(=O)OC(COC(=O)CCCCCCCCCCCCCCCCCCCCC)COP(=O)(O)OCC(CO)OC(=O)CCCCCCCCCCCCCCCCCCC. The van der Waals surface area contributed by atoms with Crippen molar-refractivity contribution in [3.8, 4) is 0 Å². The minimum Gasteiger partial charge on any atom is -0.462 e. The fourth-order valence-electron chi connectivity index (χ4n) is 9.80. The van der Waals surface area contributed by atoms with Gasteiger partial charge in [-0.3, -0.25) is 23.4 Å². The lowest BCUT2D eigenvalue weighted by Crippen LogP contribution is -2.30. The number of rotatable bonds is 64. The number of phosphoric acid groups is 1. The largest absolute Gasteiger partial charge is 0.472 e. The van der Waals surface area contributed by atoms with Crippen molar-refractivity contribution in [2.45, 2.75) is 341 Å². The Morgan fingerprint density at radius 3 is 0.976 bits per heavy atom. The number of esters is 3. The molecule has 0 saturated carbocycles. The molecule has 2 N–H and O–H groups in total. The average molecular weight is 1180 g/mol. The minimum atomic E-state index is -4.76. The summed E-state index contributed by atoms with van der Waals surface area (Å²) >= 11 is 0. The summed E-state index contributed by atoms with van der Waals surface area (Å²) in [4.78, 5) is 48.9. The highest BCUT2D eigenvalue weighted by Gasteiger charge is 2.28. The molecule has 0 aromatic carbocycles. The van der Waals surface area contributed by atoms with E-state index in [1.54, 1.807) is 0 Å². The Kier molecular flexibility index (Phi) is 62.0. The third-order valence-corrected chi connectivity index (χ3v) is 15.9. The van der Waals surface area contributed by atoms with E-state index in [9.17, 15) is 28.9 Å². The topological polar surface area (TPSA) is 155 Å². The van der Waals surface area contributed by atoms with Gasteiger partial charge in [0.15, 0.2) is 6.10 Å².